The van der Waals surface area contributed by atoms with Crippen molar-refractivity contribution in [3.8, 4) is 12.3 Å². The second-order valence-electron chi connectivity index (χ2n) is 3.73. The van der Waals surface area contributed by atoms with Crippen molar-refractivity contribution in [2.45, 2.75) is 19.4 Å². The van der Waals surface area contributed by atoms with Gasteiger partial charge in [-0.3, -0.25) is 4.79 Å². The van der Waals surface area contributed by atoms with E-state index >= 15 is 0 Å². The van der Waals surface area contributed by atoms with Crippen molar-refractivity contribution in [1.29, 1.82) is 0 Å². The molecule has 0 radical (unpaired) electrons. The van der Waals surface area contributed by atoms with Crippen molar-refractivity contribution in [1.82, 2.24) is 5.32 Å². The van der Waals surface area contributed by atoms with Gasteiger partial charge in [-0.2, -0.15) is 0 Å². The van der Waals surface area contributed by atoms with Gasteiger partial charge < -0.3 is 5.32 Å². The molecule has 0 spiro atoms. The second-order valence-corrected chi connectivity index (χ2v) is 4.17. The van der Waals surface area contributed by atoms with E-state index < -0.39 is 5.54 Å². The number of hydrogen-bond acceptors (Lipinski definition) is 1. The van der Waals surface area contributed by atoms with Crippen molar-refractivity contribution < 1.29 is 4.79 Å². The fourth-order valence-corrected chi connectivity index (χ4v) is 1.21. The van der Waals surface area contributed by atoms with E-state index in [4.69, 9.17) is 18.0 Å². The van der Waals surface area contributed by atoms with E-state index in [1.807, 2.05) is 0 Å². The molecule has 78 valence electrons. The summed E-state index contributed by atoms with van der Waals surface area (Å²) in [6.07, 6.45) is 5.27. The highest BCUT2D eigenvalue weighted by atomic mass is 35.5. The maximum atomic E-state index is 11.7. The summed E-state index contributed by atoms with van der Waals surface area (Å²) in [7, 11) is 0. The largest absolute Gasteiger partial charge is 0.336 e. The standard InChI is InChI=1S/C12H12ClNO/c1-4-12(2,3)14-11(15)9-6-5-7-10(13)8-9/h1,5-8H,2-3H3,(H,14,15). The van der Waals surface area contributed by atoms with Gasteiger partial charge in [0.1, 0.15) is 0 Å². The zero-order valence-electron chi connectivity index (χ0n) is 8.67. The average molecular weight is 222 g/mol. The van der Waals surface area contributed by atoms with Crippen LogP contribution in [0.5, 0.6) is 0 Å². The Morgan fingerprint density at radius 3 is 2.73 bits per heavy atom. The number of benzene rings is 1. The lowest BCUT2D eigenvalue weighted by Crippen LogP contribution is -2.42. The molecule has 1 rings (SSSR count). The molecule has 0 saturated heterocycles. The highest BCUT2D eigenvalue weighted by molar-refractivity contribution is 6.30. The maximum Gasteiger partial charge on any atom is 0.252 e. The Bertz CT molecular complexity index is 418. The van der Waals surface area contributed by atoms with Gasteiger partial charge in [-0.1, -0.05) is 23.6 Å². The van der Waals surface area contributed by atoms with Crippen LogP contribution in [-0.4, -0.2) is 11.4 Å². The molecular formula is C12H12ClNO. The van der Waals surface area contributed by atoms with Crippen LogP contribution in [-0.2, 0) is 0 Å². The van der Waals surface area contributed by atoms with E-state index in [-0.39, 0.29) is 5.91 Å². The van der Waals surface area contributed by atoms with Crippen LogP contribution in [0.3, 0.4) is 0 Å². The molecule has 1 N–H and O–H groups in total. The second kappa shape index (κ2) is 4.37. The van der Waals surface area contributed by atoms with Crippen LogP contribution in [0.25, 0.3) is 0 Å². The molecule has 0 atom stereocenters. The monoisotopic (exact) mass is 221 g/mol. The first-order valence-electron chi connectivity index (χ1n) is 4.50. The fourth-order valence-electron chi connectivity index (χ4n) is 1.02. The normalized spacial score (nSPS) is 10.5. The summed E-state index contributed by atoms with van der Waals surface area (Å²) in [6.45, 7) is 3.52. The maximum absolute atomic E-state index is 11.7. The van der Waals surface area contributed by atoms with Crippen LogP contribution in [0.4, 0.5) is 0 Å². The van der Waals surface area contributed by atoms with Crippen LogP contribution in [0.15, 0.2) is 24.3 Å². The summed E-state index contributed by atoms with van der Waals surface area (Å²) >= 11 is 5.77. The molecule has 0 fully saturated rings. The molecule has 0 aliphatic carbocycles. The molecule has 0 bridgehead atoms. The molecular weight excluding hydrogens is 210 g/mol. The van der Waals surface area contributed by atoms with E-state index in [9.17, 15) is 4.79 Å². The van der Waals surface area contributed by atoms with Crippen LogP contribution in [0.1, 0.15) is 24.2 Å². The van der Waals surface area contributed by atoms with Gasteiger partial charge in [0, 0.05) is 10.6 Å². The molecule has 0 heterocycles. The lowest BCUT2D eigenvalue weighted by Gasteiger charge is -2.19. The number of rotatable bonds is 2. The predicted octanol–water partition coefficient (Wildman–Crippen LogP) is 2.48. The molecule has 0 saturated carbocycles. The van der Waals surface area contributed by atoms with Gasteiger partial charge in [0.05, 0.1) is 5.54 Å². The van der Waals surface area contributed by atoms with Gasteiger partial charge in [-0.05, 0) is 32.0 Å². The number of terminal acetylenes is 1. The molecule has 1 aromatic rings. The lowest BCUT2D eigenvalue weighted by molar-refractivity contribution is 0.0930. The lowest BCUT2D eigenvalue weighted by atomic mass is 10.1. The molecule has 1 amide bonds. The fraction of sp³-hybridized carbons (Fsp3) is 0.250. The van der Waals surface area contributed by atoms with E-state index in [1.165, 1.54) is 0 Å². The molecule has 0 unspecified atom stereocenters. The minimum absolute atomic E-state index is 0.222. The number of carbonyl (C=O) groups is 1. The first-order valence-corrected chi connectivity index (χ1v) is 4.88. The van der Waals surface area contributed by atoms with E-state index in [1.54, 1.807) is 38.1 Å². The summed E-state index contributed by atoms with van der Waals surface area (Å²) in [5, 5.41) is 3.24. The molecule has 15 heavy (non-hydrogen) atoms. The van der Waals surface area contributed by atoms with Crippen LogP contribution in [0.2, 0.25) is 5.02 Å². The van der Waals surface area contributed by atoms with Gasteiger partial charge in [-0.25, -0.2) is 0 Å². The number of nitrogens with one attached hydrogen (secondary N) is 1. The minimum Gasteiger partial charge on any atom is -0.336 e. The van der Waals surface area contributed by atoms with Crippen molar-refractivity contribution in [2.24, 2.45) is 0 Å². The zero-order valence-corrected chi connectivity index (χ0v) is 9.43. The Balaban J connectivity index is 2.84. The van der Waals surface area contributed by atoms with Gasteiger partial charge >= 0.3 is 0 Å². The van der Waals surface area contributed by atoms with Gasteiger partial charge in [0.15, 0.2) is 0 Å². The third kappa shape index (κ3) is 3.30. The van der Waals surface area contributed by atoms with Gasteiger partial charge in [-0.15, -0.1) is 6.42 Å². The molecule has 3 heteroatoms. The Morgan fingerprint density at radius 1 is 1.53 bits per heavy atom. The molecule has 0 aliphatic heterocycles. The number of hydrogen-bond donors (Lipinski definition) is 1. The van der Waals surface area contributed by atoms with Crippen molar-refractivity contribution in [3.63, 3.8) is 0 Å². The SMILES string of the molecule is C#CC(C)(C)NC(=O)c1cccc(Cl)c1. The minimum atomic E-state index is -0.653. The Hall–Kier alpha value is -1.46. The van der Waals surface area contributed by atoms with E-state index in [2.05, 4.69) is 11.2 Å². The summed E-state index contributed by atoms with van der Waals surface area (Å²) in [5.74, 6) is 2.27. The first kappa shape index (κ1) is 11.6. The summed E-state index contributed by atoms with van der Waals surface area (Å²) < 4.78 is 0. The summed E-state index contributed by atoms with van der Waals surface area (Å²) in [4.78, 5) is 11.7. The van der Waals surface area contributed by atoms with E-state index in [0.29, 0.717) is 10.6 Å². The van der Waals surface area contributed by atoms with Crippen molar-refractivity contribution >= 4 is 17.5 Å². The smallest absolute Gasteiger partial charge is 0.252 e. The quantitative estimate of drug-likeness (QED) is 0.764. The highest BCUT2D eigenvalue weighted by Crippen LogP contribution is 2.11. The highest BCUT2D eigenvalue weighted by Gasteiger charge is 2.17. The van der Waals surface area contributed by atoms with E-state index in [0.717, 1.165) is 0 Å². The van der Waals surface area contributed by atoms with Crippen LogP contribution in [0, 0.1) is 12.3 Å². The zero-order chi connectivity index (χ0) is 11.5. The summed E-state index contributed by atoms with van der Waals surface area (Å²) in [5.41, 5.74) is -0.148. The molecule has 0 aliphatic rings. The Morgan fingerprint density at radius 2 is 2.20 bits per heavy atom. The van der Waals surface area contributed by atoms with Gasteiger partial charge in [0.25, 0.3) is 5.91 Å². The molecule has 1 aromatic carbocycles. The summed E-state index contributed by atoms with van der Waals surface area (Å²) in [6, 6.07) is 6.72. The third-order valence-electron chi connectivity index (χ3n) is 1.87. The number of carbonyl (C=O) groups excluding carboxylic acids is 1. The van der Waals surface area contributed by atoms with Crippen molar-refractivity contribution in [2.75, 3.05) is 0 Å². The van der Waals surface area contributed by atoms with Crippen molar-refractivity contribution in [3.05, 3.63) is 34.9 Å². The third-order valence-corrected chi connectivity index (χ3v) is 2.11. The molecule has 0 aromatic heterocycles. The van der Waals surface area contributed by atoms with Crippen LogP contribution < -0.4 is 5.32 Å². The molecule has 2 nitrogen and oxygen atoms in total. The Kier molecular flexibility index (Phi) is 3.39. The first-order chi connectivity index (χ1) is 6.94. The average Bonchev–Trinajstić information content (AvgIpc) is 2.17. The predicted molar refractivity (Wildman–Crippen MR) is 61.8 cm³/mol. The number of amides is 1. The van der Waals surface area contributed by atoms with Gasteiger partial charge in [0.2, 0.25) is 0 Å². The topological polar surface area (TPSA) is 29.1 Å². The Labute approximate surface area is 94.6 Å². The van der Waals surface area contributed by atoms with Crippen LogP contribution >= 0.6 is 11.6 Å². The number of halogens is 1.